The van der Waals surface area contributed by atoms with Gasteiger partial charge < -0.3 is 4.57 Å². The van der Waals surface area contributed by atoms with Crippen LogP contribution >= 0.6 is 0 Å². The lowest BCUT2D eigenvalue weighted by atomic mass is 9.97. The Hall–Kier alpha value is -2.39. The van der Waals surface area contributed by atoms with E-state index >= 15 is 0 Å². The van der Waals surface area contributed by atoms with E-state index in [0.29, 0.717) is 0 Å². The van der Waals surface area contributed by atoms with E-state index in [4.69, 9.17) is 0 Å². The maximum absolute atomic E-state index is 4.33. The normalized spacial score (nSPS) is 11.7. The van der Waals surface area contributed by atoms with E-state index in [1.807, 2.05) is 12.5 Å². The molecule has 0 bridgehead atoms. The lowest BCUT2D eigenvalue weighted by molar-refractivity contribution is 0.596. The van der Waals surface area contributed by atoms with Gasteiger partial charge in [0.2, 0.25) is 0 Å². The molecule has 0 amide bonds. The number of hydrogen-bond donors (Lipinski definition) is 0. The molecule has 0 aliphatic rings. The zero-order valence-electron chi connectivity index (χ0n) is 13.7. The van der Waals surface area contributed by atoms with Crippen molar-refractivity contribution in [1.29, 1.82) is 0 Å². The van der Waals surface area contributed by atoms with Crippen LogP contribution in [0.15, 0.2) is 90.7 Å². The standard InChI is InChI=1S/C20H22N2Si/c1-17(2)15-23-20(22-14-13-21-16-22,18-9-5-3-6-10-18)19-11-7-4-8-12-19/h3-16H,23H2,1-2H3. The smallest absolute Gasteiger partial charge is 0.0954 e. The van der Waals surface area contributed by atoms with Crippen LogP contribution in [0.4, 0.5) is 0 Å². The van der Waals surface area contributed by atoms with Crippen molar-refractivity contribution >= 4 is 9.52 Å². The number of allylic oxidation sites excluding steroid dienone is 1. The molecular formula is C20H22N2Si. The molecule has 3 aromatic rings. The number of imidazole rings is 1. The van der Waals surface area contributed by atoms with E-state index < -0.39 is 9.52 Å². The van der Waals surface area contributed by atoms with Crippen LogP contribution in [0.5, 0.6) is 0 Å². The first-order valence-corrected chi connectivity index (χ1v) is 9.49. The molecule has 3 heteroatoms. The van der Waals surface area contributed by atoms with Crippen LogP contribution in [0.2, 0.25) is 0 Å². The quantitative estimate of drug-likeness (QED) is 0.656. The van der Waals surface area contributed by atoms with Gasteiger partial charge in [-0.1, -0.05) is 71.9 Å². The van der Waals surface area contributed by atoms with Crippen LogP contribution in [0, 0.1) is 0 Å². The molecule has 0 saturated heterocycles. The minimum atomic E-state index is -0.634. The first-order chi connectivity index (χ1) is 11.2. The average Bonchev–Trinajstić information content (AvgIpc) is 3.12. The predicted molar refractivity (Wildman–Crippen MR) is 99.3 cm³/mol. The maximum Gasteiger partial charge on any atom is 0.0954 e. The largest absolute Gasteiger partial charge is 0.326 e. The third-order valence-electron chi connectivity index (χ3n) is 4.25. The minimum absolute atomic E-state index is 0.143. The van der Waals surface area contributed by atoms with Crippen molar-refractivity contribution in [1.82, 2.24) is 9.55 Å². The minimum Gasteiger partial charge on any atom is -0.326 e. The Balaban J connectivity index is 2.28. The lowest BCUT2D eigenvalue weighted by Gasteiger charge is -2.36. The summed E-state index contributed by atoms with van der Waals surface area (Å²) in [5.41, 5.74) is 6.48. The van der Waals surface area contributed by atoms with Gasteiger partial charge in [-0.2, -0.15) is 0 Å². The summed E-state index contributed by atoms with van der Waals surface area (Å²) in [4.78, 5) is 4.33. The molecule has 0 atom stereocenters. The van der Waals surface area contributed by atoms with E-state index in [1.165, 1.54) is 16.7 Å². The van der Waals surface area contributed by atoms with Crippen LogP contribution in [-0.2, 0) is 5.16 Å². The van der Waals surface area contributed by atoms with Gasteiger partial charge in [-0.3, -0.25) is 0 Å². The molecule has 0 saturated carbocycles. The third-order valence-corrected chi connectivity index (χ3v) is 7.05. The van der Waals surface area contributed by atoms with Gasteiger partial charge in [-0.15, -0.1) is 0 Å². The van der Waals surface area contributed by atoms with Crippen LogP contribution in [-0.4, -0.2) is 19.1 Å². The van der Waals surface area contributed by atoms with Crippen LogP contribution in [0.1, 0.15) is 25.0 Å². The molecule has 3 rings (SSSR count). The van der Waals surface area contributed by atoms with Gasteiger partial charge in [-0.25, -0.2) is 4.98 Å². The maximum atomic E-state index is 4.33. The zero-order valence-corrected chi connectivity index (χ0v) is 15.1. The monoisotopic (exact) mass is 318 g/mol. The highest BCUT2D eigenvalue weighted by molar-refractivity contribution is 6.47. The van der Waals surface area contributed by atoms with Gasteiger partial charge >= 0.3 is 0 Å². The Bertz CT molecular complexity index is 718. The molecule has 0 unspecified atom stereocenters. The van der Waals surface area contributed by atoms with E-state index in [0.717, 1.165) is 0 Å². The van der Waals surface area contributed by atoms with Gasteiger partial charge in [0.05, 0.1) is 21.0 Å². The summed E-state index contributed by atoms with van der Waals surface area (Å²) in [5, 5.41) is -0.143. The topological polar surface area (TPSA) is 17.8 Å². The molecule has 0 radical (unpaired) electrons. The van der Waals surface area contributed by atoms with Gasteiger partial charge in [-0.05, 0) is 25.0 Å². The molecule has 116 valence electrons. The Kier molecular flexibility index (Phi) is 4.58. The fourth-order valence-corrected chi connectivity index (χ4v) is 5.11. The summed E-state index contributed by atoms with van der Waals surface area (Å²) in [6.07, 6.45) is 5.91. The Morgan fingerprint density at radius 1 is 0.957 bits per heavy atom. The van der Waals surface area contributed by atoms with Crippen molar-refractivity contribution in [3.8, 4) is 0 Å². The predicted octanol–water partition coefficient (Wildman–Crippen LogP) is 3.73. The molecule has 0 N–H and O–H groups in total. The Morgan fingerprint density at radius 3 is 1.96 bits per heavy atom. The fourth-order valence-electron chi connectivity index (χ4n) is 3.07. The number of aromatic nitrogens is 2. The van der Waals surface area contributed by atoms with Crippen molar-refractivity contribution in [3.05, 3.63) is 102 Å². The van der Waals surface area contributed by atoms with E-state index in [9.17, 15) is 0 Å². The third kappa shape index (κ3) is 3.05. The highest BCUT2D eigenvalue weighted by atomic mass is 28.2. The van der Waals surface area contributed by atoms with Crippen molar-refractivity contribution in [2.75, 3.05) is 0 Å². The molecule has 1 heterocycles. The summed E-state index contributed by atoms with van der Waals surface area (Å²) in [6, 6.07) is 21.6. The SMILES string of the molecule is CC(C)=C[SiH2]C(c1ccccc1)(c1ccccc1)n1ccnc1. The summed E-state index contributed by atoms with van der Waals surface area (Å²) in [5.74, 6) is 0. The number of hydrogen-bond acceptors (Lipinski definition) is 1. The second-order valence-electron chi connectivity index (χ2n) is 6.05. The number of benzene rings is 2. The summed E-state index contributed by atoms with van der Waals surface area (Å²) in [6.45, 7) is 4.36. The first-order valence-electron chi connectivity index (χ1n) is 7.96. The summed E-state index contributed by atoms with van der Waals surface area (Å²) in [7, 11) is -0.634. The average molecular weight is 318 g/mol. The van der Waals surface area contributed by atoms with E-state index in [1.54, 1.807) is 0 Å². The van der Waals surface area contributed by atoms with Gasteiger partial charge in [0.25, 0.3) is 0 Å². The van der Waals surface area contributed by atoms with Crippen molar-refractivity contribution in [3.63, 3.8) is 0 Å². The summed E-state index contributed by atoms with van der Waals surface area (Å²) >= 11 is 0. The molecule has 1 aromatic heterocycles. The van der Waals surface area contributed by atoms with Gasteiger partial charge in [0, 0.05) is 12.4 Å². The highest BCUT2D eigenvalue weighted by Crippen LogP contribution is 2.33. The first kappa shape index (κ1) is 15.5. The molecule has 23 heavy (non-hydrogen) atoms. The van der Waals surface area contributed by atoms with Crippen molar-refractivity contribution < 1.29 is 0 Å². The second-order valence-corrected chi connectivity index (χ2v) is 7.89. The molecule has 2 nitrogen and oxygen atoms in total. The molecule has 0 fully saturated rings. The number of rotatable bonds is 5. The van der Waals surface area contributed by atoms with Crippen molar-refractivity contribution in [2.45, 2.75) is 19.0 Å². The van der Waals surface area contributed by atoms with Gasteiger partial charge in [0.15, 0.2) is 0 Å². The lowest BCUT2D eigenvalue weighted by Crippen LogP contribution is -2.41. The molecule has 0 aliphatic heterocycles. The second kappa shape index (κ2) is 6.80. The van der Waals surface area contributed by atoms with Gasteiger partial charge in [0.1, 0.15) is 0 Å². The van der Waals surface area contributed by atoms with Crippen LogP contribution < -0.4 is 0 Å². The van der Waals surface area contributed by atoms with Crippen LogP contribution in [0.3, 0.4) is 0 Å². The number of nitrogens with zero attached hydrogens (tertiary/aromatic N) is 2. The zero-order chi connectivity index (χ0) is 16.1. The van der Waals surface area contributed by atoms with Crippen molar-refractivity contribution in [2.24, 2.45) is 0 Å². The highest BCUT2D eigenvalue weighted by Gasteiger charge is 2.34. The Morgan fingerprint density at radius 2 is 1.52 bits per heavy atom. The Labute approximate surface area is 140 Å². The fraction of sp³-hybridized carbons (Fsp3) is 0.150. The molecule has 2 aromatic carbocycles. The van der Waals surface area contributed by atoms with Crippen LogP contribution in [0.25, 0.3) is 0 Å². The molecular weight excluding hydrogens is 296 g/mol. The van der Waals surface area contributed by atoms with E-state index in [2.05, 4.69) is 96.0 Å². The molecule has 0 spiro atoms. The van der Waals surface area contributed by atoms with E-state index in [-0.39, 0.29) is 5.16 Å². The summed E-state index contributed by atoms with van der Waals surface area (Å²) < 4.78 is 2.28. The molecule has 0 aliphatic carbocycles.